The van der Waals surface area contributed by atoms with E-state index in [-0.39, 0.29) is 16.7 Å². The van der Waals surface area contributed by atoms with E-state index in [1.54, 1.807) is 42.5 Å². The number of carbonyl (C=O) groups is 2. The van der Waals surface area contributed by atoms with Gasteiger partial charge in [-0.15, -0.1) is 0 Å². The molecule has 3 aromatic rings. The summed E-state index contributed by atoms with van der Waals surface area (Å²) in [6, 6.07) is 14.1. The monoisotopic (exact) mass is 462 g/mol. The van der Waals surface area contributed by atoms with E-state index in [0.717, 1.165) is 11.3 Å². The predicted octanol–water partition coefficient (Wildman–Crippen LogP) is 4.54. The van der Waals surface area contributed by atoms with Crippen molar-refractivity contribution in [3.63, 3.8) is 0 Å². The van der Waals surface area contributed by atoms with Crippen LogP contribution in [0.4, 0.5) is 5.69 Å². The van der Waals surface area contributed by atoms with Crippen molar-refractivity contribution in [3.05, 3.63) is 78.7 Å². The summed E-state index contributed by atoms with van der Waals surface area (Å²) in [4.78, 5) is 43.3. The zero-order chi connectivity index (χ0) is 20.3. The molecule has 2 aliphatic heterocycles. The van der Waals surface area contributed by atoms with Gasteiger partial charge in [-0.25, -0.2) is 4.90 Å². The van der Waals surface area contributed by atoms with E-state index >= 15 is 0 Å². The van der Waals surface area contributed by atoms with Gasteiger partial charge in [0.15, 0.2) is 0 Å². The van der Waals surface area contributed by atoms with Gasteiger partial charge in [-0.1, -0.05) is 76.6 Å². The Labute approximate surface area is 183 Å². The molecule has 1 N–H and O–H groups in total. The van der Waals surface area contributed by atoms with Crippen molar-refractivity contribution in [2.24, 2.45) is 5.92 Å². The summed E-state index contributed by atoms with van der Waals surface area (Å²) < 4.78 is 0. The third-order valence-electron chi connectivity index (χ3n) is 5.15. The number of nitrogens with zero attached hydrogens (tertiary/aromatic N) is 1. The van der Waals surface area contributed by atoms with Gasteiger partial charge in [-0.05, 0) is 23.8 Å². The molecule has 2 aliphatic rings. The number of thioether (sulfide) groups is 1. The zero-order valence-corrected chi connectivity index (χ0v) is 17.7. The fourth-order valence-corrected chi connectivity index (χ4v) is 6.88. The summed E-state index contributed by atoms with van der Waals surface area (Å²) in [5, 5.41) is 0.647. The number of rotatable bonds is 2. The summed E-state index contributed by atoms with van der Waals surface area (Å²) in [7, 11) is 0. The van der Waals surface area contributed by atoms with E-state index in [9.17, 15) is 14.4 Å². The van der Waals surface area contributed by atoms with Gasteiger partial charge in [-0.3, -0.25) is 14.4 Å². The maximum absolute atomic E-state index is 13.5. The fourth-order valence-electron chi connectivity index (χ4n) is 3.94. The Bertz CT molecular complexity index is 1210. The lowest BCUT2D eigenvalue weighted by atomic mass is 9.83. The van der Waals surface area contributed by atoms with Gasteiger partial charge < -0.3 is 4.98 Å². The summed E-state index contributed by atoms with van der Waals surface area (Å²) in [5.74, 6) is -1.80. The molecular formula is C20H12Cl2N2O3S2. The van der Waals surface area contributed by atoms with Gasteiger partial charge in [0.2, 0.25) is 11.8 Å². The summed E-state index contributed by atoms with van der Waals surface area (Å²) >= 11 is 15.0. The number of anilines is 1. The smallest absolute Gasteiger partial charge is 0.305 e. The number of nitrogens with one attached hydrogen (secondary N) is 1. The number of halogens is 2. The molecule has 9 heteroatoms. The lowest BCUT2D eigenvalue weighted by Crippen LogP contribution is -2.32. The SMILES string of the molecule is O=C1[C@H]2[C@H](c3cccc(Cl)c3Cl)c3sc(=O)[nH]c3S[C@H]2C(=O)N1c1ccccc1. The number of benzene rings is 2. The van der Waals surface area contributed by atoms with Crippen molar-refractivity contribution in [2.75, 3.05) is 4.90 Å². The van der Waals surface area contributed by atoms with Crippen LogP contribution in [0.2, 0.25) is 10.0 Å². The first-order valence-corrected chi connectivity index (χ1v) is 11.2. The van der Waals surface area contributed by atoms with E-state index in [2.05, 4.69) is 4.98 Å². The molecule has 146 valence electrons. The second-order valence-corrected chi connectivity index (χ2v) is 9.69. The molecule has 0 radical (unpaired) electrons. The van der Waals surface area contributed by atoms with Crippen LogP contribution >= 0.6 is 46.3 Å². The van der Waals surface area contributed by atoms with E-state index in [1.807, 2.05) is 6.07 Å². The van der Waals surface area contributed by atoms with Gasteiger partial charge in [0.25, 0.3) is 0 Å². The molecule has 0 saturated carbocycles. The molecule has 1 fully saturated rings. The lowest BCUT2D eigenvalue weighted by molar-refractivity contribution is -0.122. The van der Waals surface area contributed by atoms with Crippen LogP contribution in [0.5, 0.6) is 0 Å². The van der Waals surface area contributed by atoms with Gasteiger partial charge in [0, 0.05) is 10.8 Å². The first kappa shape index (κ1) is 18.9. The van der Waals surface area contributed by atoms with Crippen molar-refractivity contribution in [1.82, 2.24) is 4.98 Å². The minimum atomic E-state index is -0.678. The van der Waals surface area contributed by atoms with Crippen molar-refractivity contribution >= 4 is 63.8 Å². The molecule has 5 nitrogen and oxygen atoms in total. The quantitative estimate of drug-likeness (QED) is 0.567. The number of aromatic amines is 1. The highest BCUT2D eigenvalue weighted by Gasteiger charge is 2.56. The third-order valence-corrected chi connectivity index (χ3v) is 8.39. The average Bonchev–Trinajstić information content (AvgIpc) is 3.20. The lowest BCUT2D eigenvalue weighted by Gasteiger charge is -2.30. The minimum Gasteiger partial charge on any atom is -0.307 e. The van der Waals surface area contributed by atoms with E-state index in [1.165, 1.54) is 16.7 Å². The maximum Gasteiger partial charge on any atom is 0.305 e. The molecule has 3 heterocycles. The molecule has 0 unspecified atom stereocenters. The topological polar surface area (TPSA) is 70.2 Å². The standard InChI is InChI=1S/C20H12Cl2N2O3S2/c21-11-8-4-7-10(14(11)22)12-13-16(28-17-15(12)29-20(27)23-17)19(26)24(18(13)25)9-5-2-1-3-6-9/h1-8,12-13,16H,(H,23,27)/t12-,13-,16+/m0/s1. The Morgan fingerprint density at radius 1 is 0.931 bits per heavy atom. The molecule has 0 aliphatic carbocycles. The van der Waals surface area contributed by atoms with Crippen LogP contribution in [0.15, 0.2) is 58.4 Å². The highest BCUT2D eigenvalue weighted by Crippen LogP contribution is 2.54. The number of carbonyl (C=O) groups excluding carboxylic acids is 2. The van der Waals surface area contributed by atoms with Crippen LogP contribution < -0.4 is 9.77 Å². The van der Waals surface area contributed by atoms with Crippen LogP contribution in [0.1, 0.15) is 16.4 Å². The Hall–Kier alpha value is -2.06. The first-order valence-electron chi connectivity index (χ1n) is 8.74. The molecule has 1 saturated heterocycles. The van der Waals surface area contributed by atoms with Crippen LogP contribution in [-0.2, 0) is 9.59 Å². The number of hydrogen-bond acceptors (Lipinski definition) is 5. The first-order chi connectivity index (χ1) is 14.0. The number of fused-ring (bicyclic) bond motifs is 2. The molecule has 5 rings (SSSR count). The summed E-state index contributed by atoms with van der Waals surface area (Å²) in [6.45, 7) is 0. The number of para-hydroxylation sites is 1. The minimum absolute atomic E-state index is 0.231. The van der Waals surface area contributed by atoms with Crippen LogP contribution in [0, 0.1) is 5.92 Å². The second kappa shape index (κ2) is 7.02. The van der Waals surface area contributed by atoms with Crippen molar-refractivity contribution in [1.29, 1.82) is 0 Å². The van der Waals surface area contributed by atoms with E-state index in [0.29, 0.717) is 31.2 Å². The van der Waals surface area contributed by atoms with Gasteiger partial charge in [0.1, 0.15) is 5.25 Å². The average molecular weight is 463 g/mol. The molecule has 0 spiro atoms. The van der Waals surface area contributed by atoms with E-state index < -0.39 is 17.1 Å². The Morgan fingerprint density at radius 2 is 1.69 bits per heavy atom. The number of thiazole rings is 1. The van der Waals surface area contributed by atoms with Gasteiger partial charge >= 0.3 is 4.87 Å². The second-order valence-electron chi connectivity index (χ2n) is 6.74. The van der Waals surface area contributed by atoms with Crippen molar-refractivity contribution in [3.8, 4) is 0 Å². The van der Waals surface area contributed by atoms with Gasteiger partial charge in [0.05, 0.1) is 26.7 Å². The number of imide groups is 1. The van der Waals surface area contributed by atoms with Crippen molar-refractivity contribution < 1.29 is 9.59 Å². The molecule has 1 aromatic heterocycles. The highest BCUT2D eigenvalue weighted by atomic mass is 35.5. The Morgan fingerprint density at radius 3 is 2.45 bits per heavy atom. The normalized spacial score (nSPS) is 23.2. The number of H-pyrrole nitrogens is 1. The Kier molecular flexibility index (Phi) is 4.58. The molecular weight excluding hydrogens is 451 g/mol. The van der Waals surface area contributed by atoms with E-state index in [4.69, 9.17) is 23.2 Å². The summed E-state index contributed by atoms with van der Waals surface area (Å²) in [5.41, 5.74) is 1.17. The maximum atomic E-state index is 13.5. The predicted molar refractivity (Wildman–Crippen MR) is 115 cm³/mol. The zero-order valence-electron chi connectivity index (χ0n) is 14.6. The van der Waals surface area contributed by atoms with Crippen LogP contribution in [0.3, 0.4) is 0 Å². The molecule has 29 heavy (non-hydrogen) atoms. The Balaban J connectivity index is 1.70. The largest absolute Gasteiger partial charge is 0.307 e. The van der Waals surface area contributed by atoms with Crippen molar-refractivity contribution in [2.45, 2.75) is 16.2 Å². The van der Waals surface area contributed by atoms with Crippen LogP contribution in [0.25, 0.3) is 0 Å². The molecule has 3 atom stereocenters. The molecule has 2 amide bonds. The summed E-state index contributed by atoms with van der Waals surface area (Å²) in [6.07, 6.45) is 0. The van der Waals surface area contributed by atoms with Crippen LogP contribution in [-0.4, -0.2) is 22.0 Å². The number of amides is 2. The third kappa shape index (κ3) is 2.87. The molecule has 0 bridgehead atoms. The number of hydrogen-bond donors (Lipinski definition) is 1. The molecule has 2 aromatic carbocycles. The number of aromatic nitrogens is 1. The van der Waals surface area contributed by atoms with Gasteiger partial charge in [-0.2, -0.15) is 0 Å². The highest BCUT2D eigenvalue weighted by molar-refractivity contribution is 8.00. The fraction of sp³-hybridized carbons (Fsp3) is 0.150.